The van der Waals surface area contributed by atoms with Crippen LogP contribution in [0.3, 0.4) is 0 Å². The molecule has 2 aromatic carbocycles. The number of amides is 2. The van der Waals surface area contributed by atoms with E-state index in [0.29, 0.717) is 30.9 Å². The van der Waals surface area contributed by atoms with Crippen LogP contribution in [0, 0.1) is 5.92 Å². The Morgan fingerprint density at radius 1 is 1.17 bits per heavy atom. The molecule has 0 spiro atoms. The lowest BCUT2D eigenvalue weighted by molar-refractivity contribution is -0.142. The third-order valence-corrected chi connectivity index (χ3v) is 10.0. The summed E-state index contributed by atoms with van der Waals surface area (Å²) in [5.74, 6) is -1.62. The molecule has 0 fully saturated rings. The SMILES string of the molecule is C[C@H](CO)N1C[C@H](C)[C@@H](CN(C)S(=O)(=O)c2ccc(Cl)cc2)OCCCC[C@H](C)Oc2ccc(NC(=O)CCC(F)(F)F)cc2C1=O. The molecule has 2 N–H and O–H groups in total. The van der Waals surface area contributed by atoms with Gasteiger partial charge in [-0.1, -0.05) is 18.5 Å². The predicted molar refractivity (Wildman–Crippen MR) is 172 cm³/mol. The topological polar surface area (TPSA) is 125 Å². The molecule has 262 valence electrons. The summed E-state index contributed by atoms with van der Waals surface area (Å²) in [5, 5.41) is 12.9. The maximum Gasteiger partial charge on any atom is 0.389 e. The lowest BCUT2D eigenvalue weighted by atomic mass is 10.0. The molecule has 0 aliphatic carbocycles. The molecule has 2 aromatic rings. The van der Waals surface area contributed by atoms with Crippen LogP contribution in [0.5, 0.6) is 5.75 Å². The van der Waals surface area contributed by atoms with Gasteiger partial charge in [0.25, 0.3) is 5.91 Å². The second-order valence-corrected chi connectivity index (χ2v) is 14.4. The van der Waals surface area contributed by atoms with Gasteiger partial charge in [-0.05, 0) is 75.6 Å². The highest BCUT2D eigenvalue weighted by molar-refractivity contribution is 7.89. The summed E-state index contributed by atoms with van der Waals surface area (Å²) in [4.78, 5) is 27.9. The standard InChI is InChI=1S/C32H43ClF3N3O7S/c1-21-18-39(22(2)20-40)31(42)27-17-25(37-30(41)14-15-32(34,35)36)10-13-28(27)46-23(3)7-5-6-16-45-29(21)19-38(4)47(43,44)26-11-8-24(33)9-12-26/h8-13,17,21-23,29,40H,5-7,14-16,18-20H2,1-4H3,(H,37,41)/t21-,22+,23-,29+/m0/s1. The Morgan fingerprint density at radius 2 is 1.85 bits per heavy atom. The summed E-state index contributed by atoms with van der Waals surface area (Å²) >= 11 is 5.94. The van der Waals surface area contributed by atoms with E-state index >= 15 is 0 Å². The second-order valence-electron chi connectivity index (χ2n) is 11.9. The zero-order chi connectivity index (χ0) is 34.9. The van der Waals surface area contributed by atoms with Crippen molar-refractivity contribution >= 4 is 39.1 Å². The van der Waals surface area contributed by atoms with Crippen LogP contribution in [0.4, 0.5) is 18.9 Å². The number of fused-ring (bicyclic) bond motifs is 1. The minimum Gasteiger partial charge on any atom is -0.490 e. The fraction of sp³-hybridized carbons (Fsp3) is 0.562. The molecule has 0 bridgehead atoms. The quantitative estimate of drug-likeness (QED) is 0.341. The Hall–Kier alpha value is -2.91. The number of hydrogen-bond donors (Lipinski definition) is 2. The van der Waals surface area contributed by atoms with Crippen molar-refractivity contribution in [2.75, 3.05) is 38.7 Å². The largest absolute Gasteiger partial charge is 0.490 e. The van der Waals surface area contributed by atoms with E-state index in [1.165, 1.54) is 58.7 Å². The molecule has 1 heterocycles. The van der Waals surface area contributed by atoms with Crippen LogP contribution in [0.2, 0.25) is 5.02 Å². The summed E-state index contributed by atoms with van der Waals surface area (Å²) in [6, 6.07) is 9.43. The van der Waals surface area contributed by atoms with E-state index < -0.39 is 65.5 Å². The van der Waals surface area contributed by atoms with Gasteiger partial charge in [-0.3, -0.25) is 9.59 Å². The minimum atomic E-state index is -4.50. The molecule has 1 aliphatic rings. The summed E-state index contributed by atoms with van der Waals surface area (Å²) in [6.07, 6.45) is -5.55. The molecule has 0 unspecified atom stereocenters. The van der Waals surface area contributed by atoms with Crippen LogP contribution in [-0.4, -0.2) is 92.3 Å². The van der Waals surface area contributed by atoms with Gasteiger partial charge < -0.3 is 24.8 Å². The minimum absolute atomic E-state index is 0.0220. The number of anilines is 1. The highest BCUT2D eigenvalue weighted by atomic mass is 35.5. The number of aliphatic hydroxyl groups excluding tert-OH is 1. The van der Waals surface area contributed by atoms with Crippen LogP contribution in [0.15, 0.2) is 47.4 Å². The van der Waals surface area contributed by atoms with Crippen molar-refractivity contribution in [2.45, 2.75) is 82.2 Å². The van der Waals surface area contributed by atoms with Gasteiger partial charge in [0.1, 0.15) is 5.75 Å². The van der Waals surface area contributed by atoms with E-state index in [-0.39, 0.29) is 41.1 Å². The third kappa shape index (κ3) is 11.3. The van der Waals surface area contributed by atoms with Crippen molar-refractivity contribution in [2.24, 2.45) is 5.92 Å². The molecule has 0 radical (unpaired) electrons. The van der Waals surface area contributed by atoms with E-state index in [9.17, 15) is 36.3 Å². The lowest BCUT2D eigenvalue weighted by Crippen LogP contribution is -2.48. The smallest absolute Gasteiger partial charge is 0.389 e. The number of carbonyl (C=O) groups is 2. The van der Waals surface area contributed by atoms with Crippen LogP contribution < -0.4 is 10.1 Å². The van der Waals surface area contributed by atoms with Crippen molar-refractivity contribution in [3.05, 3.63) is 53.1 Å². The summed E-state index contributed by atoms with van der Waals surface area (Å²) in [7, 11) is -2.45. The number of rotatable bonds is 9. The number of sulfonamides is 1. The van der Waals surface area contributed by atoms with E-state index in [1.807, 2.05) is 13.8 Å². The Balaban J connectivity index is 1.94. The number of ether oxygens (including phenoxy) is 2. The summed E-state index contributed by atoms with van der Waals surface area (Å²) < 4.78 is 78.2. The van der Waals surface area contributed by atoms with Crippen LogP contribution in [0.1, 0.15) is 63.2 Å². The number of carbonyl (C=O) groups excluding carboxylic acids is 2. The maximum atomic E-state index is 14.2. The number of alkyl halides is 3. The van der Waals surface area contributed by atoms with Gasteiger partial charge in [-0.15, -0.1) is 0 Å². The highest BCUT2D eigenvalue weighted by Crippen LogP contribution is 2.29. The van der Waals surface area contributed by atoms with Crippen LogP contribution >= 0.6 is 11.6 Å². The van der Waals surface area contributed by atoms with Crippen LogP contribution in [0.25, 0.3) is 0 Å². The first-order chi connectivity index (χ1) is 22.0. The Labute approximate surface area is 279 Å². The van der Waals surface area contributed by atoms with E-state index in [1.54, 1.807) is 6.92 Å². The molecule has 2 amide bonds. The Bertz CT molecular complexity index is 1460. The predicted octanol–water partition coefficient (Wildman–Crippen LogP) is 5.74. The van der Waals surface area contributed by atoms with Gasteiger partial charge in [0.15, 0.2) is 0 Å². The monoisotopic (exact) mass is 705 g/mol. The summed E-state index contributed by atoms with van der Waals surface area (Å²) in [6.45, 7) is 5.28. The number of aliphatic hydroxyl groups is 1. The molecule has 0 saturated heterocycles. The van der Waals surface area contributed by atoms with E-state index in [2.05, 4.69) is 5.32 Å². The number of benzene rings is 2. The zero-order valence-electron chi connectivity index (χ0n) is 26.9. The highest BCUT2D eigenvalue weighted by Gasteiger charge is 2.33. The van der Waals surface area contributed by atoms with Crippen LogP contribution in [-0.2, 0) is 19.6 Å². The third-order valence-electron chi connectivity index (χ3n) is 7.93. The number of nitrogens with zero attached hydrogens (tertiary/aromatic N) is 2. The Kier molecular flexibility index (Phi) is 13.9. The molecule has 10 nitrogen and oxygen atoms in total. The van der Waals surface area contributed by atoms with Crippen molar-refractivity contribution in [3.63, 3.8) is 0 Å². The number of nitrogens with one attached hydrogen (secondary N) is 1. The molecule has 15 heteroatoms. The molecule has 0 aromatic heterocycles. The molecule has 0 saturated carbocycles. The molecule has 47 heavy (non-hydrogen) atoms. The van der Waals surface area contributed by atoms with Gasteiger partial charge in [0.2, 0.25) is 15.9 Å². The average molecular weight is 706 g/mol. The van der Waals surface area contributed by atoms with E-state index in [0.717, 1.165) is 0 Å². The molecule has 3 rings (SSSR count). The lowest BCUT2D eigenvalue weighted by Gasteiger charge is -2.35. The van der Waals surface area contributed by atoms with Gasteiger partial charge in [0.05, 0.1) is 41.7 Å². The van der Waals surface area contributed by atoms with Gasteiger partial charge >= 0.3 is 6.18 Å². The number of halogens is 4. The molecular weight excluding hydrogens is 663 g/mol. The van der Waals surface area contributed by atoms with Crippen molar-refractivity contribution in [3.8, 4) is 5.75 Å². The second kappa shape index (κ2) is 17.0. The normalized spacial score (nSPS) is 21.0. The van der Waals surface area contributed by atoms with E-state index in [4.69, 9.17) is 21.1 Å². The zero-order valence-corrected chi connectivity index (χ0v) is 28.5. The average Bonchev–Trinajstić information content (AvgIpc) is 3.01. The fourth-order valence-electron chi connectivity index (χ4n) is 5.08. The van der Waals surface area contributed by atoms with Crippen molar-refractivity contribution in [1.29, 1.82) is 0 Å². The fourth-order valence-corrected chi connectivity index (χ4v) is 6.39. The van der Waals surface area contributed by atoms with Crippen molar-refractivity contribution < 1.29 is 45.8 Å². The number of likely N-dealkylation sites (N-methyl/N-ethyl adjacent to an activating group) is 1. The van der Waals surface area contributed by atoms with Gasteiger partial charge in [-0.25, -0.2) is 8.42 Å². The number of hydrogen-bond acceptors (Lipinski definition) is 7. The first-order valence-corrected chi connectivity index (χ1v) is 17.3. The van der Waals surface area contributed by atoms with Crippen molar-refractivity contribution in [1.82, 2.24) is 9.21 Å². The molecular formula is C32H43ClF3N3O7S. The Morgan fingerprint density at radius 3 is 2.49 bits per heavy atom. The first kappa shape index (κ1) is 38.5. The molecule has 1 aliphatic heterocycles. The molecule has 4 atom stereocenters. The van der Waals surface area contributed by atoms with Gasteiger partial charge in [0, 0.05) is 49.8 Å². The first-order valence-electron chi connectivity index (χ1n) is 15.4. The summed E-state index contributed by atoms with van der Waals surface area (Å²) in [5.41, 5.74) is 0.163. The van der Waals surface area contributed by atoms with Gasteiger partial charge in [-0.2, -0.15) is 17.5 Å². The maximum absolute atomic E-state index is 14.2.